The maximum absolute atomic E-state index is 10.9. The van der Waals surface area contributed by atoms with E-state index in [4.69, 9.17) is 4.74 Å². The Morgan fingerprint density at radius 2 is 2.33 bits per heavy atom. The summed E-state index contributed by atoms with van der Waals surface area (Å²) in [6.45, 7) is 2.22. The summed E-state index contributed by atoms with van der Waals surface area (Å²) in [5.74, 6) is -0.0476. The molecule has 0 spiro atoms. The molecule has 1 saturated heterocycles. The maximum atomic E-state index is 10.9. The monoisotopic (exact) mass is 322 g/mol. The molecule has 15 heavy (non-hydrogen) atoms. The fraction of sp³-hybridized carbons (Fsp3) is 0.750. The van der Waals surface area contributed by atoms with Crippen LogP contribution in [0.1, 0.15) is 51.9 Å². The number of rotatable bonds is 6. The highest BCUT2D eigenvalue weighted by molar-refractivity contribution is 14.1. The van der Waals surface area contributed by atoms with Crippen molar-refractivity contribution in [3.05, 3.63) is 9.66 Å². The third-order valence-corrected chi connectivity index (χ3v) is 3.72. The number of halogens is 1. The standard InChI is InChI=1S/C12H19IO2/c1-2-3-4-5-6-7-10(13)11-8-9-12(14)15-11/h7,11H,2-6,8-9H2,1H3/b10-7-. The van der Waals surface area contributed by atoms with Gasteiger partial charge in [-0.3, -0.25) is 4.79 Å². The van der Waals surface area contributed by atoms with Gasteiger partial charge in [0.15, 0.2) is 0 Å². The summed E-state index contributed by atoms with van der Waals surface area (Å²) in [6, 6.07) is 0. The third kappa shape index (κ3) is 5.00. The number of carbonyl (C=O) groups is 1. The van der Waals surface area contributed by atoms with E-state index in [1.54, 1.807) is 0 Å². The van der Waals surface area contributed by atoms with E-state index >= 15 is 0 Å². The van der Waals surface area contributed by atoms with Gasteiger partial charge in [0.05, 0.1) is 0 Å². The second kappa shape index (κ2) is 7.25. The summed E-state index contributed by atoms with van der Waals surface area (Å²) in [4.78, 5) is 10.9. The molecule has 86 valence electrons. The second-order valence-corrected chi connectivity index (χ2v) is 5.20. The first-order valence-electron chi connectivity index (χ1n) is 5.79. The largest absolute Gasteiger partial charge is 0.457 e. The van der Waals surface area contributed by atoms with Gasteiger partial charge < -0.3 is 4.74 Å². The molecule has 1 heterocycles. The van der Waals surface area contributed by atoms with Crippen molar-refractivity contribution in [1.29, 1.82) is 0 Å². The van der Waals surface area contributed by atoms with Gasteiger partial charge in [0.1, 0.15) is 6.10 Å². The van der Waals surface area contributed by atoms with Gasteiger partial charge in [0, 0.05) is 10.0 Å². The zero-order valence-electron chi connectivity index (χ0n) is 9.30. The number of ether oxygens (including phenoxy) is 1. The lowest BCUT2D eigenvalue weighted by Crippen LogP contribution is -2.06. The molecule has 1 atom stereocenters. The molecule has 3 heteroatoms. The summed E-state index contributed by atoms with van der Waals surface area (Å²) in [6.07, 6.45) is 10.0. The van der Waals surface area contributed by atoms with Crippen molar-refractivity contribution in [3.63, 3.8) is 0 Å². The Morgan fingerprint density at radius 1 is 1.53 bits per heavy atom. The summed E-state index contributed by atoms with van der Waals surface area (Å²) in [5, 5.41) is 0. The highest BCUT2D eigenvalue weighted by Gasteiger charge is 2.24. The molecule has 1 aliphatic heterocycles. The number of hydrogen-bond donors (Lipinski definition) is 0. The maximum Gasteiger partial charge on any atom is 0.306 e. The van der Waals surface area contributed by atoms with Gasteiger partial charge in [-0.25, -0.2) is 0 Å². The zero-order chi connectivity index (χ0) is 11.1. The van der Waals surface area contributed by atoms with Crippen molar-refractivity contribution in [2.24, 2.45) is 0 Å². The van der Waals surface area contributed by atoms with E-state index in [2.05, 4.69) is 35.6 Å². The summed E-state index contributed by atoms with van der Waals surface area (Å²) >= 11 is 2.30. The minimum atomic E-state index is -0.0476. The first kappa shape index (κ1) is 13.0. The van der Waals surface area contributed by atoms with Crippen molar-refractivity contribution in [2.75, 3.05) is 0 Å². The molecule has 0 aromatic rings. The molecule has 1 fully saturated rings. The number of allylic oxidation sites excluding steroid dienone is 1. The lowest BCUT2D eigenvalue weighted by molar-refractivity contribution is -0.140. The summed E-state index contributed by atoms with van der Waals surface area (Å²) in [5.41, 5.74) is 0. The van der Waals surface area contributed by atoms with Crippen LogP contribution >= 0.6 is 22.6 Å². The minimum absolute atomic E-state index is 0.0476. The molecule has 0 N–H and O–H groups in total. The molecule has 0 radical (unpaired) electrons. The van der Waals surface area contributed by atoms with Crippen LogP contribution in [0.25, 0.3) is 0 Å². The van der Waals surface area contributed by atoms with Crippen LogP contribution in [0.4, 0.5) is 0 Å². The van der Waals surface area contributed by atoms with Crippen molar-refractivity contribution < 1.29 is 9.53 Å². The molecule has 1 aliphatic rings. The van der Waals surface area contributed by atoms with Crippen LogP contribution in [0, 0.1) is 0 Å². The molecule has 0 aliphatic carbocycles. The summed E-state index contributed by atoms with van der Waals surface area (Å²) in [7, 11) is 0. The number of hydrogen-bond acceptors (Lipinski definition) is 2. The van der Waals surface area contributed by atoms with E-state index in [1.165, 1.54) is 29.3 Å². The Balaban J connectivity index is 2.18. The van der Waals surface area contributed by atoms with E-state index in [9.17, 15) is 4.79 Å². The van der Waals surface area contributed by atoms with Gasteiger partial charge in [-0.1, -0.05) is 32.3 Å². The van der Waals surface area contributed by atoms with Crippen molar-refractivity contribution in [1.82, 2.24) is 0 Å². The lowest BCUT2D eigenvalue weighted by Gasteiger charge is -2.07. The first-order chi connectivity index (χ1) is 7.24. The average molecular weight is 322 g/mol. The number of cyclic esters (lactones) is 1. The molecule has 0 bridgehead atoms. The molecular weight excluding hydrogens is 303 g/mol. The lowest BCUT2D eigenvalue weighted by atomic mass is 10.1. The van der Waals surface area contributed by atoms with Crippen LogP contribution in [0.3, 0.4) is 0 Å². The Bertz CT molecular complexity index is 236. The third-order valence-electron chi connectivity index (χ3n) is 2.59. The van der Waals surface area contributed by atoms with Crippen molar-refractivity contribution in [2.45, 2.75) is 58.0 Å². The Labute approximate surface area is 106 Å². The Hall–Kier alpha value is -0.0600. The van der Waals surface area contributed by atoms with Crippen LogP contribution in [0.15, 0.2) is 9.66 Å². The SMILES string of the molecule is CCCCCC/C=C(\I)C1CCC(=O)O1. The van der Waals surface area contributed by atoms with Gasteiger partial charge in [-0.15, -0.1) is 0 Å². The van der Waals surface area contributed by atoms with Crippen LogP contribution in [0.2, 0.25) is 0 Å². The first-order valence-corrected chi connectivity index (χ1v) is 6.87. The second-order valence-electron chi connectivity index (χ2n) is 3.96. The van der Waals surface area contributed by atoms with E-state index in [-0.39, 0.29) is 12.1 Å². The average Bonchev–Trinajstić information content (AvgIpc) is 2.64. The predicted molar refractivity (Wildman–Crippen MR) is 70.0 cm³/mol. The Morgan fingerprint density at radius 3 is 2.93 bits per heavy atom. The normalized spacial score (nSPS) is 21.9. The molecule has 0 amide bonds. The number of esters is 1. The molecular formula is C12H19IO2. The highest BCUT2D eigenvalue weighted by Crippen LogP contribution is 2.26. The van der Waals surface area contributed by atoms with Gasteiger partial charge in [-0.2, -0.15) is 0 Å². The van der Waals surface area contributed by atoms with Gasteiger partial charge >= 0.3 is 5.97 Å². The van der Waals surface area contributed by atoms with Crippen LogP contribution < -0.4 is 0 Å². The molecule has 2 nitrogen and oxygen atoms in total. The van der Waals surface area contributed by atoms with Crippen molar-refractivity contribution in [3.8, 4) is 0 Å². The van der Waals surface area contributed by atoms with Gasteiger partial charge in [-0.05, 0) is 41.9 Å². The van der Waals surface area contributed by atoms with Crippen molar-refractivity contribution >= 4 is 28.6 Å². The van der Waals surface area contributed by atoms with E-state index in [1.807, 2.05) is 0 Å². The fourth-order valence-electron chi connectivity index (χ4n) is 1.66. The topological polar surface area (TPSA) is 26.3 Å². The smallest absolute Gasteiger partial charge is 0.306 e. The Kier molecular flexibility index (Phi) is 6.29. The van der Waals surface area contributed by atoms with Gasteiger partial charge in [0.2, 0.25) is 0 Å². The minimum Gasteiger partial charge on any atom is -0.457 e. The van der Waals surface area contributed by atoms with Crippen LogP contribution in [-0.2, 0) is 9.53 Å². The molecule has 0 saturated carbocycles. The predicted octanol–water partition coefficient (Wildman–Crippen LogP) is 3.98. The van der Waals surface area contributed by atoms with E-state index < -0.39 is 0 Å². The molecule has 0 aromatic carbocycles. The quantitative estimate of drug-likeness (QED) is 0.420. The van der Waals surface area contributed by atoms with Crippen LogP contribution in [-0.4, -0.2) is 12.1 Å². The molecule has 1 unspecified atom stereocenters. The molecule has 0 aromatic heterocycles. The van der Waals surface area contributed by atoms with Gasteiger partial charge in [0.25, 0.3) is 0 Å². The van der Waals surface area contributed by atoms with E-state index in [0.29, 0.717) is 6.42 Å². The number of carbonyl (C=O) groups excluding carboxylic acids is 1. The number of unbranched alkanes of at least 4 members (excludes halogenated alkanes) is 4. The highest BCUT2D eigenvalue weighted by atomic mass is 127. The molecule has 1 rings (SSSR count). The zero-order valence-corrected chi connectivity index (χ0v) is 11.5. The van der Waals surface area contributed by atoms with E-state index in [0.717, 1.165) is 12.8 Å². The summed E-state index contributed by atoms with van der Waals surface area (Å²) < 4.78 is 6.39. The fourth-order valence-corrected chi connectivity index (χ4v) is 2.41. The van der Waals surface area contributed by atoms with Crippen LogP contribution in [0.5, 0.6) is 0 Å².